The number of benzene rings is 1. The molecule has 0 N–H and O–H groups in total. The lowest BCUT2D eigenvalue weighted by atomic mass is 9.80. The van der Waals surface area contributed by atoms with Crippen LogP contribution in [-0.2, 0) is 14.8 Å². The van der Waals surface area contributed by atoms with Crippen LogP contribution in [0.15, 0.2) is 41.4 Å². The minimum atomic E-state index is -3.55. The highest BCUT2D eigenvalue weighted by Crippen LogP contribution is 2.36. The summed E-state index contributed by atoms with van der Waals surface area (Å²) in [5.41, 5.74) is 0.552. The first-order chi connectivity index (χ1) is 13.4. The smallest absolute Gasteiger partial charge is 0.245 e. The number of hydrogen-bond donors (Lipinski definition) is 0. The Bertz CT molecular complexity index is 934. The van der Waals surface area contributed by atoms with Crippen molar-refractivity contribution in [1.29, 1.82) is 0 Å². The molecule has 2 fully saturated rings. The van der Waals surface area contributed by atoms with Gasteiger partial charge in [0.25, 0.3) is 0 Å². The molecule has 0 bridgehead atoms. The molecular formula is C21H29N3O3S. The van der Waals surface area contributed by atoms with Crippen LogP contribution < -0.4 is 0 Å². The molecule has 7 heteroatoms. The van der Waals surface area contributed by atoms with E-state index in [0.717, 1.165) is 24.8 Å². The molecule has 2 saturated heterocycles. The molecule has 4 rings (SSSR count). The third-order valence-electron chi connectivity index (χ3n) is 6.32. The van der Waals surface area contributed by atoms with Gasteiger partial charge >= 0.3 is 0 Å². The van der Waals surface area contributed by atoms with Gasteiger partial charge in [0.15, 0.2) is 0 Å². The molecule has 0 unspecified atom stereocenters. The van der Waals surface area contributed by atoms with Crippen molar-refractivity contribution in [3.63, 3.8) is 0 Å². The van der Waals surface area contributed by atoms with Gasteiger partial charge in [-0.2, -0.15) is 4.31 Å². The fourth-order valence-corrected chi connectivity index (χ4v) is 6.37. The van der Waals surface area contributed by atoms with Gasteiger partial charge in [-0.15, -0.1) is 0 Å². The van der Waals surface area contributed by atoms with Gasteiger partial charge in [-0.05, 0) is 44.7 Å². The number of rotatable bonds is 5. The summed E-state index contributed by atoms with van der Waals surface area (Å²) in [4.78, 5) is 7.12. The fourth-order valence-electron chi connectivity index (χ4n) is 4.74. The first-order valence-corrected chi connectivity index (χ1v) is 11.5. The van der Waals surface area contributed by atoms with Crippen LogP contribution in [-0.4, -0.2) is 67.5 Å². The van der Waals surface area contributed by atoms with E-state index in [2.05, 4.69) is 23.7 Å². The van der Waals surface area contributed by atoms with Gasteiger partial charge < -0.3 is 4.74 Å². The average Bonchev–Trinajstić information content (AvgIpc) is 2.67. The van der Waals surface area contributed by atoms with Crippen molar-refractivity contribution in [1.82, 2.24) is 14.2 Å². The minimum absolute atomic E-state index is 0.262. The van der Waals surface area contributed by atoms with Crippen molar-refractivity contribution in [2.45, 2.75) is 49.8 Å². The fraction of sp³-hybridized carbons (Fsp3) is 0.571. The largest absolute Gasteiger partial charge is 0.378 e. The molecule has 0 saturated carbocycles. The van der Waals surface area contributed by atoms with Crippen molar-refractivity contribution >= 4 is 20.9 Å². The normalized spacial score (nSPS) is 25.3. The van der Waals surface area contributed by atoms with Gasteiger partial charge in [0.1, 0.15) is 4.90 Å². The zero-order chi connectivity index (χ0) is 19.9. The van der Waals surface area contributed by atoms with E-state index in [-0.39, 0.29) is 6.10 Å². The van der Waals surface area contributed by atoms with Gasteiger partial charge in [0.2, 0.25) is 10.0 Å². The highest BCUT2D eigenvalue weighted by Gasteiger charge is 2.46. The van der Waals surface area contributed by atoms with E-state index in [0.29, 0.717) is 41.5 Å². The Morgan fingerprint density at radius 3 is 2.54 bits per heavy atom. The number of aromatic nitrogens is 1. The van der Waals surface area contributed by atoms with E-state index < -0.39 is 10.0 Å². The van der Waals surface area contributed by atoms with E-state index in [4.69, 9.17) is 4.74 Å². The zero-order valence-electron chi connectivity index (χ0n) is 16.8. The molecular weight excluding hydrogens is 374 g/mol. The quantitative estimate of drug-likeness (QED) is 0.768. The molecule has 2 atom stereocenters. The van der Waals surface area contributed by atoms with Crippen LogP contribution in [0.2, 0.25) is 0 Å². The molecule has 152 valence electrons. The number of sulfonamides is 1. The number of pyridine rings is 1. The Morgan fingerprint density at radius 2 is 1.86 bits per heavy atom. The molecule has 3 heterocycles. The van der Waals surface area contributed by atoms with E-state index in [1.54, 1.807) is 29.7 Å². The van der Waals surface area contributed by atoms with Crippen LogP contribution in [0.25, 0.3) is 10.9 Å². The third-order valence-corrected chi connectivity index (χ3v) is 8.25. The van der Waals surface area contributed by atoms with E-state index in [9.17, 15) is 8.42 Å². The minimum Gasteiger partial charge on any atom is -0.378 e. The number of hydrogen-bond acceptors (Lipinski definition) is 5. The van der Waals surface area contributed by atoms with Crippen LogP contribution in [0.4, 0.5) is 0 Å². The van der Waals surface area contributed by atoms with Crippen molar-refractivity contribution in [2.75, 3.05) is 26.7 Å². The monoisotopic (exact) mass is 403 g/mol. The summed E-state index contributed by atoms with van der Waals surface area (Å²) in [7, 11) is -1.77. The van der Waals surface area contributed by atoms with Crippen LogP contribution in [0.3, 0.4) is 0 Å². The Balaban J connectivity index is 1.51. The Hall–Kier alpha value is -1.54. The Kier molecular flexibility index (Phi) is 5.44. The van der Waals surface area contributed by atoms with E-state index in [1.165, 1.54) is 0 Å². The third kappa shape index (κ3) is 3.34. The molecule has 2 aromatic rings. The van der Waals surface area contributed by atoms with Gasteiger partial charge in [0.05, 0.1) is 11.6 Å². The average molecular weight is 404 g/mol. The summed E-state index contributed by atoms with van der Waals surface area (Å²) in [6.45, 7) is 6.50. The van der Waals surface area contributed by atoms with Crippen LogP contribution in [0.5, 0.6) is 0 Å². The maximum Gasteiger partial charge on any atom is 0.245 e. The molecule has 0 aliphatic carbocycles. The lowest BCUT2D eigenvalue weighted by molar-refractivity contribution is -0.127. The number of nitrogens with zero attached hydrogens (tertiary/aromatic N) is 3. The van der Waals surface area contributed by atoms with Gasteiger partial charge in [-0.1, -0.05) is 18.2 Å². The van der Waals surface area contributed by atoms with Crippen LogP contribution in [0, 0.1) is 5.92 Å². The number of ether oxygens (including phenoxy) is 1. The van der Waals surface area contributed by atoms with Gasteiger partial charge in [-0.25, -0.2) is 8.42 Å². The van der Waals surface area contributed by atoms with Crippen LogP contribution in [0.1, 0.15) is 26.7 Å². The summed E-state index contributed by atoms with van der Waals surface area (Å²) in [6, 6.07) is 9.97. The van der Waals surface area contributed by atoms with Crippen molar-refractivity contribution in [3.8, 4) is 0 Å². The van der Waals surface area contributed by atoms with Crippen molar-refractivity contribution in [3.05, 3.63) is 36.5 Å². The SMILES string of the molecule is CO[C@H]1CN(C(C)C)[C@H]1C1CCN(S(=O)(=O)c2cccc3cccnc23)CC1. The summed E-state index contributed by atoms with van der Waals surface area (Å²) in [5.74, 6) is 0.471. The standard InChI is InChI=1S/C21H29N3O3S/c1-15(2)24-14-18(27-3)21(24)17-9-12-23(13-10-17)28(25,26)19-8-4-6-16-7-5-11-22-20(16)19/h4-8,11,15,17-18,21H,9-10,12-14H2,1-3H3/t18-,21-/m0/s1. The first kappa shape index (κ1) is 19.8. The number of fused-ring (bicyclic) bond motifs is 1. The lowest BCUT2D eigenvalue weighted by Gasteiger charge is -2.54. The number of piperidine rings is 1. The molecule has 0 spiro atoms. The Morgan fingerprint density at radius 1 is 1.14 bits per heavy atom. The van der Waals surface area contributed by atoms with Crippen molar-refractivity contribution in [2.24, 2.45) is 5.92 Å². The molecule has 1 aromatic heterocycles. The van der Waals surface area contributed by atoms with E-state index in [1.807, 2.05) is 18.2 Å². The summed E-state index contributed by atoms with van der Waals surface area (Å²) >= 11 is 0. The predicted molar refractivity (Wildman–Crippen MR) is 110 cm³/mol. The number of likely N-dealkylation sites (tertiary alicyclic amines) is 1. The number of methoxy groups -OCH3 is 1. The highest BCUT2D eigenvalue weighted by molar-refractivity contribution is 7.89. The highest BCUT2D eigenvalue weighted by atomic mass is 32.2. The molecule has 1 aromatic carbocycles. The molecule has 0 amide bonds. The molecule has 0 radical (unpaired) electrons. The van der Waals surface area contributed by atoms with E-state index >= 15 is 0 Å². The summed E-state index contributed by atoms with van der Waals surface area (Å²) in [6.07, 6.45) is 3.64. The molecule has 2 aliphatic heterocycles. The van der Waals surface area contributed by atoms with Crippen molar-refractivity contribution < 1.29 is 13.2 Å². The predicted octanol–water partition coefficient (Wildman–Crippen LogP) is 2.74. The molecule has 6 nitrogen and oxygen atoms in total. The van der Waals surface area contributed by atoms with Crippen LogP contribution >= 0.6 is 0 Å². The molecule has 28 heavy (non-hydrogen) atoms. The maximum atomic E-state index is 13.3. The first-order valence-electron chi connectivity index (χ1n) is 10.1. The van der Waals surface area contributed by atoms with Gasteiger partial charge in [-0.3, -0.25) is 9.88 Å². The summed E-state index contributed by atoms with van der Waals surface area (Å²) < 4.78 is 33.9. The maximum absolute atomic E-state index is 13.3. The second-order valence-corrected chi connectivity index (χ2v) is 10.0. The lowest BCUT2D eigenvalue weighted by Crippen LogP contribution is -2.66. The van der Waals surface area contributed by atoms with Gasteiger partial charge in [0, 0.05) is 50.4 Å². The Labute approximate surface area is 167 Å². The second-order valence-electron chi connectivity index (χ2n) is 8.13. The molecule has 2 aliphatic rings. The zero-order valence-corrected chi connectivity index (χ0v) is 17.6. The second kappa shape index (κ2) is 7.71. The summed E-state index contributed by atoms with van der Waals surface area (Å²) in [5, 5.41) is 0.850. The number of para-hydroxylation sites is 1. The topological polar surface area (TPSA) is 62.7 Å².